The van der Waals surface area contributed by atoms with E-state index < -0.39 is 7.26 Å². The van der Waals surface area contributed by atoms with Crippen molar-refractivity contribution in [3.05, 3.63) is 0 Å². The van der Waals surface area contributed by atoms with Crippen molar-refractivity contribution >= 4 is 7.26 Å². The third-order valence-corrected chi connectivity index (χ3v) is 7.88. The summed E-state index contributed by atoms with van der Waals surface area (Å²) in [6, 6.07) is 0. The Labute approximate surface area is 72.1 Å². The Morgan fingerprint density at radius 2 is 1.73 bits per heavy atom. The molecule has 0 amide bonds. The Hall–Kier alpha value is 0.430. The van der Waals surface area contributed by atoms with E-state index in [1.54, 1.807) is 31.3 Å². The first-order chi connectivity index (χ1) is 5.27. The number of rotatable bonds is 3. The predicted molar refractivity (Wildman–Crippen MR) is 57.6 cm³/mol. The van der Waals surface area contributed by atoms with E-state index in [4.69, 9.17) is 0 Å². The van der Waals surface area contributed by atoms with Crippen LogP contribution in [0.4, 0.5) is 0 Å². The van der Waals surface area contributed by atoms with E-state index in [1.807, 2.05) is 0 Å². The summed E-state index contributed by atoms with van der Waals surface area (Å²) in [5.41, 5.74) is 0. The fourth-order valence-electron chi connectivity index (χ4n) is 2.26. The van der Waals surface area contributed by atoms with E-state index in [0.717, 1.165) is 0 Å². The summed E-state index contributed by atoms with van der Waals surface area (Å²) in [7, 11) is -0.658. The van der Waals surface area contributed by atoms with E-state index in [-0.39, 0.29) is 0 Å². The van der Waals surface area contributed by atoms with Gasteiger partial charge in [-0.2, -0.15) is 0 Å². The van der Waals surface area contributed by atoms with E-state index in [9.17, 15) is 0 Å². The molecule has 0 nitrogen and oxygen atoms in total. The van der Waals surface area contributed by atoms with Gasteiger partial charge in [0.25, 0.3) is 0 Å². The molecule has 1 saturated heterocycles. The van der Waals surface area contributed by atoms with E-state index >= 15 is 0 Å². The molecule has 0 bridgehead atoms. The summed E-state index contributed by atoms with van der Waals surface area (Å²) in [6.07, 6.45) is 12.4. The minimum absolute atomic E-state index is 0.658. The monoisotopic (exact) mass is 174 g/mol. The average Bonchev–Trinajstić information content (AvgIpc) is 2.03. The Balaban J connectivity index is 2.25. The second-order valence-electron chi connectivity index (χ2n) is 4.47. The van der Waals surface area contributed by atoms with Crippen LogP contribution in [0.3, 0.4) is 0 Å². The summed E-state index contributed by atoms with van der Waals surface area (Å²) in [5, 5.41) is 0. The molecular weight excluding hydrogens is 151 g/mol. The number of hydrogen-bond donors (Lipinski definition) is 0. The van der Waals surface area contributed by atoms with Crippen molar-refractivity contribution in [2.24, 2.45) is 0 Å². The molecule has 0 radical (unpaired) electrons. The molecule has 0 aliphatic carbocycles. The van der Waals surface area contributed by atoms with Crippen molar-refractivity contribution in [1.82, 2.24) is 0 Å². The van der Waals surface area contributed by atoms with Gasteiger partial charge in [0.05, 0.1) is 0 Å². The SMILES string of the molecule is CCCC[PH]1(C)CCCCC1. The third-order valence-electron chi connectivity index (χ3n) is 3.19. The Morgan fingerprint density at radius 3 is 2.27 bits per heavy atom. The zero-order valence-electron chi connectivity index (χ0n) is 8.16. The molecule has 11 heavy (non-hydrogen) atoms. The first-order valence-electron chi connectivity index (χ1n) is 5.27. The molecule has 0 aromatic carbocycles. The normalized spacial score (nSPS) is 26.4. The molecular formula is C10H23P. The molecule has 1 aliphatic heterocycles. The van der Waals surface area contributed by atoms with Crippen LogP contribution in [0.5, 0.6) is 0 Å². The maximum atomic E-state index is 2.63. The Morgan fingerprint density at radius 1 is 1.09 bits per heavy atom. The first-order valence-corrected chi connectivity index (χ1v) is 8.39. The zero-order valence-corrected chi connectivity index (χ0v) is 9.16. The van der Waals surface area contributed by atoms with Crippen LogP contribution in [0.2, 0.25) is 0 Å². The van der Waals surface area contributed by atoms with Crippen LogP contribution >= 0.6 is 7.26 Å². The molecule has 68 valence electrons. The molecule has 0 unspecified atom stereocenters. The molecule has 1 rings (SSSR count). The zero-order chi connectivity index (χ0) is 8.16. The van der Waals surface area contributed by atoms with Gasteiger partial charge in [0, 0.05) is 0 Å². The van der Waals surface area contributed by atoms with Crippen LogP contribution in [-0.2, 0) is 0 Å². The Bertz CT molecular complexity index is 103. The van der Waals surface area contributed by atoms with Gasteiger partial charge in [-0.05, 0) is 0 Å². The summed E-state index contributed by atoms with van der Waals surface area (Å²) in [5.74, 6) is 0. The van der Waals surface area contributed by atoms with Crippen molar-refractivity contribution in [3.63, 3.8) is 0 Å². The molecule has 0 saturated carbocycles. The van der Waals surface area contributed by atoms with Gasteiger partial charge in [-0.15, -0.1) is 0 Å². The van der Waals surface area contributed by atoms with E-state index in [2.05, 4.69) is 13.6 Å². The summed E-state index contributed by atoms with van der Waals surface area (Å²) >= 11 is 0. The van der Waals surface area contributed by atoms with Crippen molar-refractivity contribution < 1.29 is 0 Å². The van der Waals surface area contributed by atoms with Gasteiger partial charge in [-0.25, -0.2) is 0 Å². The van der Waals surface area contributed by atoms with Gasteiger partial charge in [-0.1, -0.05) is 0 Å². The maximum absolute atomic E-state index is 2.63. The van der Waals surface area contributed by atoms with Gasteiger partial charge >= 0.3 is 71.4 Å². The minimum atomic E-state index is -0.658. The molecule has 1 heteroatoms. The van der Waals surface area contributed by atoms with Crippen LogP contribution in [0.25, 0.3) is 0 Å². The molecule has 0 aromatic rings. The molecule has 0 aromatic heterocycles. The van der Waals surface area contributed by atoms with Crippen LogP contribution in [0.15, 0.2) is 0 Å². The molecule has 0 N–H and O–H groups in total. The van der Waals surface area contributed by atoms with E-state index in [0.29, 0.717) is 0 Å². The third kappa shape index (κ3) is 3.11. The van der Waals surface area contributed by atoms with E-state index in [1.165, 1.54) is 19.3 Å². The van der Waals surface area contributed by atoms with Gasteiger partial charge in [0.1, 0.15) is 0 Å². The van der Waals surface area contributed by atoms with Crippen molar-refractivity contribution in [3.8, 4) is 0 Å². The fraction of sp³-hybridized carbons (Fsp3) is 1.00. The molecule has 1 fully saturated rings. The molecule has 0 spiro atoms. The standard InChI is InChI=1S/C10H23P/c1-3-4-8-11(2)9-6-5-7-10-11/h11H,3-10H2,1-2H3. The van der Waals surface area contributed by atoms with Gasteiger partial charge in [-0.3, -0.25) is 0 Å². The summed E-state index contributed by atoms with van der Waals surface area (Å²) in [4.78, 5) is 0. The summed E-state index contributed by atoms with van der Waals surface area (Å²) < 4.78 is 0. The molecule has 1 aliphatic rings. The van der Waals surface area contributed by atoms with Gasteiger partial charge in [0.2, 0.25) is 0 Å². The average molecular weight is 174 g/mol. The van der Waals surface area contributed by atoms with Crippen LogP contribution in [0.1, 0.15) is 39.0 Å². The van der Waals surface area contributed by atoms with Crippen LogP contribution in [-0.4, -0.2) is 25.2 Å². The second-order valence-corrected chi connectivity index (χ2v) is 9.60. The van der Waals surface area contributed by atoms with Crippen molar-refractivity contribution in [2.45, 2.75) is 39.0 Å². The fourth-order valence-corrected chi connectivity index (χ4v) is 6.42. The molecule has 1 heterocycles. The van der Waals surface area contributed by atoms with Crippen molar-refractivity contribution in [1.29, 1.82) is 0 Å². The topological polar surface area (TPSA) is 0 Å². The second kappa shape index (κ2) is 4.45. The predicted octanol–water partition coefficient (Wildman–Crippen LogP) is 3.35. The summed E-state index contributed by atoms with van der Waals surface area (Å²) in [6.45, 7) is 4.95. The quantitative estimate of drug-likeness (QED) is 0.575. The molecule has 0 atom stereocenters. The van der Waals surface area contributed by atoms with Crippen LogP contribution in [0, 0.1) is 0 Å². The van der Waals surface area contributed by atoms with Crippen molar-refractivity contribution in [2.75, 3.05) is 25.2 Å². The number of hydrogen-bond acceptors (Lipinski definition) is 0. The van der Waals surface area contributed by atoms with Gasteiger partial charge < -0.3 is 0 Å². The number of unbranched alkanes of at least 4 members (excludes halogenated alkanes) is 1. The first kappa shape index (κ1) is 9.52. The van der Waals surface area contributed by atoms with Crippen LogP contribution < -0.4 is 0 Å². The van der Waals surface area contributed by atoms with Gasteiger partial charge in [0.15, 0.2) is 0 Å². The Kier molecular flexibility index (Phi) is 3.85.